The lowest BCUT2D eigenvalue weighted by Gasteiger charge is -2.29. The van der Waals surface area contributed by atoms with Crippen LogP contribution in [0.1, 0.15) is 63.9 Å². The van der Waals surface area contributed by atoms with Gasteiger partial charge in [0.05, 0.1) is 12.6 Å². The number of ether oxygens (including phenoxy) is 2. The maximum Gasteiger partial charge on any atom is 0.407 e. The van der Waals surface area contributed by atoms with Gasteiger partial charge in [0.15, 0.2) is 6.10 Å². The number of alkyl carbamates (subject to hydrolysis) is 1. The summed E-state index contributed by atoms with van der Waals surface area (Å²) in [6.07, 6.45) is 0.675. The third-order valence-corrected chi connectivity index (χ3v) is 11.0. The van der Waals surface area contributed by atoms with Gasteiger partial charge in [-0.1, -0.05) is 49.2 Å². The second kappa shape index (κ2) is 16.7. The summed E-state index contributed by atoms with van der Waals surface area (Å²) in [7, 11) is -11.6. The van der Waals surface area contributed by atoms with Crippen LogP contribution in [-0.4, -0.2) is 84.5 Å². The molecule has 1 aliphatic rings. The van der Waals surface area contributed by atoms with Gasteiger partial charge in [0.25, 0.3) is 5.08 Å². The van der Waals surface area contributed by atoms with E-state index in [1.54, 1.807) is 6.92 Å². The Balaban J connectivity index is 2.11. The van der Waals surface area contributed by atoms with Crippen LogP contribution in [0.4, 0.5) is 13.6 Å². The minimum absolute atomic E-state index is 0.177. The summed E-state index contributed by atoms with van der Waals surface area (Å²) in [5.74, 6) is -4.25. The number of nitrogens with one attached hydrogen (secondary N) is 1. The van der Waals surface area contributed by atoms with Crippen molar-refractivity contribution in [3.05, 3.63) is 48.0 Å². The fourth-order valence-electron chi connectivity index (χ4n) is 4.62. The lowest BCUT2D eigenvalue weighted by molar-refractivity contribution is -0.143. The summed E-state index contributed by atoms with van der Waals surface area (Å²) >= 11 is 0. The molecule has 1 aromatic carbocycles. The van der Waals surface area contributed by atoms with Crippen molar-refractivity contribution in [3.63, 3.8) is 0 Å². The molecule has 254 valence electrons. The zero-order chi connectivity index (χ0) is 33.9. The molecule has 45 heavy (non-hydrogen) atoms. The molecule has 0 spiro atoms. The van der Waals surface area contributed by atoms with Gasteiger partial charge < -0.3 is 44.4 Å². The van der Waals surface area contributed by atoms with Gasteiger partial charge in [-0.3, -0.25) is 18.7 Å². The normalized spacial score (nSPS) is 17.0. The Hall–Kier alpha value is -2.71. The lowest BCUT2D eigenvalue weighted by atomic mass is 10.0. The Bertz CT molecular complexity index is 1250. The summed E-state index contributed by atoms with van der Waals surface area (Å²) in [5.41, 5.74) is -0.507. The van der Waals surface area contributed by atoms with E-state index in [0.29, 0.717) is 38.8 Å². The first-order chi connectivity index (χ1) is 20.9. The minimum Gasteiger partial charge on any atom is -0.466 e. The van der Waals surface area contributed by atoms with Crippen molar-refractivity contribution in [2.24, 2.45) is 0 Å². The first-order valence-corrected chi connectivity index (χ1v) is 17.5. The molecular formula is C27H40F2N2O12P2. The van der Waals surface area contributed by atoms with E-state index < -0.39 is 63.0 Å². The predicted octanol–water partition coefficient (Wildman–Crippen LogP) is 3.33. The average molecular weight is 685 g/mol. The first-order valence-electron chi connectivity index (χ1n) is 14.3. The fraction of sp³-hybridized carbons (Fsp3) is 0.593. The first kappa shape index (κ1) is 38.5. The van der Waals surface area contributed by atoms with E-state index in [2.05, 4.69) is 0 Å². The number of nitrogens with zero attached hydrogens (tertiary/aromatic N) is 1. The molecule has 1 saturated heterocycles. The fourth-order valence-corrected chi connectivity index (χ4v) is 6.79. The quantitative estimate of drug-likeness (QED) is 0.0568. The van der Waals surface area contributed by atoms with Crippen LogP contribution in [0.3, 0.4) is 0 Å². The van der Waals surface area contributed by atoms with Gasteiger partial charge >= 0.3 is 33.2 Å². The molecule has 2 amide bonds. The number of hydrogen-bond donors (Lipinski definition) is 6. The largest absolute Gasteiger partial charge is 0.466 e. The standard InChI is InChI=1S/C27H40F2N2O12P2/c1-2-42-24(33)12-8-3-4-9-19-31-21(14-16-23(31)32)13-15-22(27(28,29)20-10-6-5-7-11-20)43-25(34)30-18-17-26(35,44(36,37)38)45(39,40)41/h5-7,10-11,13,15,21-22,35H,2-4,8-9,12,14,16-19H2,1H3,(H,30,34)(H2,36,37,38)(H2,39,40,41)/t21-,22+/m0/s1. The number of hydrogen-bond acceptors (Lipinski definition) is 8. The number of aliphatic hydroxyl groups is 1. The molecule has 0 aromatic heterocycles. The molecule has 2 atom stereocenters. The van der Waals surface area contributed by atoms with Gasteiger partial charge in [-0.05, 0) is 32.3 Å². The van der Waals surface area contributed by atoms with Crippen molar-refractivity contribution in [1.82, 2.24) is 10.2 Å². The van der Waals surface area contributed by atoms with Gasteiger partial charge in [-0.15, -0.1) is 0 Å². The second-order valence-electron chi connectivity index (χ2n) is 10.4. The van der Waals surface area contributed by atoms with Crippen LogP contribution in [0.2, 0.25) is 0 Å². The summed E-state index contributed by atoms with van der Waals surface area (Å²) in [5, 5.41) is 8.01. The van der Waals surface area contributed by atoms with Crippen LogP contribution >= 0.6 is 15.2 Å². The maximum absolute atomic E-state index is 15.6. The van der Waals surface area contributed by atoms with E-state index >= 15 is 8.78 Å². The number of unbranched alkanes of at least 4 members (excludes halogenated alkanes) is 3. The van der Waals surface area contributed by atoms with Crippen LogP contribution in [0.25, 0.3) is 0 Å². The van der Waals surface area contributed by atoms with Gasteiger partial charge in [0.1, 0.15) is 0 Å². The third kappa shape index (κ3) is 11.0. The number of carbonyl (C=O) groups is 3. The van der Waals surface area contributed by atoms with Gasteiger partial charge in [0, 0.05) is 37.9 Å². The zero-order valence-electron chi connectivity index (χ0n) is 24.7. The Kier molecular flexibility index (Phi) is 14.3. The van der Waals surface area contributed by atoms with E-state index in [-0.39, 0.29) is 18.3 Å². The number of carbonyl (C=O) groups excluding carboxylic acids is 3. The van der Waals surface area contributed by atoms with Crippen molar-refractivity contribution in [1.29, 1.82) is 0 Å². The Morgan fingerprint density at radius 2 is 1.71 bits per heavy atom. The average Bonchev–Trinajstić information content (AvgIpc) is 3.30. The zero-order valence-corrected chi connectivity index (χ0v) is 26.5. The van der Waals surface area contributed by atoms with Crippen LogP contribution < -0.4 is 5.32 Å². The van der Waals surface area contributed by atoms with Crippen LogP contribution in [0.5, 0.6) is 0 Å². The summed E-state index contributed by atoms with van der Waals surface area (Å²) in [6, 6.07) is 5.84. The van der Waals surface area contributed by atoms with Crippen molar-refractivity contribution < 1.29 is 66.4 Å². The minimum atomic E-state index is -5.80. The Labute approximate surface area is 259 Å². The molecule has 1 aromatic rings. The highest BCUT2D eigenvalue weighted by molar-refractivity contribution is 7.72. The van der Waals surface area contributed by atoms with Gasteiger partial charge in [-0.25, -0.2) is 4.79 Å². The molecule has 18 heteroatoms. The molecule has 0 bridgehead atoms. The molecular weight excluding hydrogens is 644 g/mol. The molecule has 14 nitrogen and oxygen atoms in total. The van der Waals surface area contributed by atoms with Crippen LogP contribution in [0, 0.1) is 0 Å². The second-order valence-corrected chi connectivity index (χ2v) is 14.4. The summed E-state index contributed by atoms with van der Waals surface area (Å²) in [4.78, 5) is 74.9. The van der Waals surface area contributed by atoms with E-state index in [1.807, 2.05) is 5.32 Å². The SMILES string of the molecule is CCOC(=O)CCCCCCN1C(=O)CC[C@@H]1C=C[C@@H](OC(=O)NCCC(O)(P(=O)(O)O)P(=O)(O)O)C(F)(F)c1ccccc1. The smallest absolute Gasteiger partial charge is 0.407 e. The number of likely N-dealkylation sites (tertiary alicyclic amines) is 1. The number of amides is 2. The molecule has 0 unspecified atom stereocenters. The number of rotatable bonds is 18. The van der Waals surface area contributed by atoms with Crippen molar-refractivity contribution in [2.45, 2.75) is 81.4 Å². The predicted molar refractivity (Wildman–Crippen MR) is 156 cm³/mol. The number of benzene rings is 1. The molecule has 1 fully saturated rings. The Morgan fingerprint density at radius 3 is 2.31 bits per heavy atom. The van der Waals surface area contributed by atoms with Crippen molar-refractivity contribution in [2.75, 3.05) is 19.7 Å². The van der Waals surface area contributed by atoms with Crippen LogP contribution in [-0.2, 0) is 34.1 Å². The van der Waals surface area contributed by atoms with Crippen molar-refractivity contribution >= 4 is 33.2 Å². The Morgan fingerprint density at radius 1 is 1.09 bits per heavy atom. The molecule has 6 N–H and O–H groups in total. The van der Waals surface area contributed by atoms with Crippen LogP contribution in [0.15, 0.2) is 42.5 Å². The highest BCUT2D eigenvalue weighted by Gasteiger charge is 2.59. The summed E-state index contributed by atoms with van der Waals surface area (Å²) < 4.78 is 64.0. The molecule has 1 aliphatic heterocycles. The maximum atomic E-state index is 15.6. The van der Waals surface area contributed by atoms with Crippen molar-refractivity contribution in [3.8, 4) is 0 Å². The summed E-state index contributed by atoms with van der Waals surface area (Å²) in [6.45, 7) is 1.42. The monoisotopic (exact) mass is 684 g/mol. The van der Waals surface area contributed by atoms with E-state index in [4.69, 9.17) is 9.47 Å². The topological polar surface area (TPSA) is 220 Å². The lowest BCUT2D eigenvalue weighted by Crippen LogP contribution is -2.40. The van der Waals surface area contributed by atoms with Gasteiger partial charge in [0.2, 0.25) is 5.91 Å². The third-order valence-electron chi connectivity index (χ3n) is 7.13. The van der Waals surface area contributed by atoms with E-state index in [0.717, 1.165) is 31.1 Å². The number of alkyl halides is 2. The number of esters is 1. The highest BCUT2D eigenvalue weighted by Crippen LogP contribution is 2.68. The van der Waals surface area contributed by atoms with E-state index in [9.17, 15) is 48.2 Å². The van der Waals surface area contributed by atoms with E-state index in [1.165, 1.54) is 29.2 Å². The van der Waals surface area contributed by atoms with Gasteiger partial charge in [-0.2, -0.15) is 8.78 Å². The molecule has 0 saturated carbocycles. The molecule has 2 rings (SSSR count). The molecule has 0 radical (unpaired) electrons. The molecule has 1 heterocycles. The highest BCUT2D eigenvalue weighted by atomic mass is 31.2. The molecule has 0 aliphatic carbocycles. The number of halogens is 2.